The fourth-order valence-electron chi connectivity index (χ4n) is 4.73. The number of ketones is 1. The van der Waals surface area contributed by atoms with Crippen LogP contribution >= 0.6 is 0 Å². The van der Waals surface area contributed by atoms with Gasteiger partial charge in [-0.1, -0.05) is 0 Å². The Balaban J connectivity index is 1.45. The van der Waals surface area contributed by atoms with Crippen LogP contribution in [-0.4, -0.2) is 96.0 Å². The monoisotopic (exact) mass is 786 g/mol. The van der Waals surface area contributed by atoms with Crippen LogP contribution in [0.3, 0.4) is 0 Å². The van der Waals surface area contributed by atoms with Gasteiger partial charge in [0.15, 0.2) is 5.78 Å². The van der Waals surface area contributed by atoms with Crippen molar-refractivity contribution in [3.8, 4) is 0 Å². The number of rotatable bonds is 17. The van der Waals surface area contributed by atoms with Crippen LogP contribution in [0.5, 0.6) is 0 Å². The first-order valence-electron chi connectivity index (χ1n) is 15.8. The maximum absolute atomic E-state index is 13.2. The quantitative estimate of drug-likeness (QED) is 0.0329. The summed E-state index contributed by atoms with van der Waals surface area (Å²) in [7, 11) is -8.52. The molecule has 1 atom stereocenters. The van der Waals surface area contributed by atoms with Crippen LogP contribution in [0.25, 0.3) is 11.0 Å². The lowest BCUT2D eigenvalue weighted by Crippen LogP contribution is -2.31. The normalized spacial score (nSPS) is 12.3. The zero-order chi connectivity index (χ0) is 39.6. The zero-order valence-corrected chi connectivity index (χ0v) is 29.9. The van der Waals surface area contributed by atoms with Crippen molar-refractivity contribution in [1.82, 2.24) is 20.6 Å². The van der Waals surface area contributed by atoms with Gasteiger partial charge in [-0.2, -0.15) is 27.1 Å². The summed E-state index contributed by atoms with van der Waals surface area (Å²) >= 11 is 0. The minimum absolute atomic E-state index is 0.00485. The Morgan fingerprint density at radius 1 is 0.685 bits per heavy atom. The van der Waals surface area contributed by atoms with Crippen LogP contribution in [0.2, 0.25) is 0 Å². The lowest BCUT2D eigenvalue weighted by atomic mass is 10.1. The summed E-state index contributed by atoms with van der Waals surface area (Å²) < 4.78 is 61.7. The topological polar surface area (TPSA) is 316 Å². The molecular weight excluding hydrogens is 753 g/mol. The number of imidazole rings is 1. The predicted octanol–water partition coefficient (Wildman–Crippen LogP) is 1.80. The van der Waals surface area contributed by atoms with E-state index in [1.54, 1.807) is 6.07 Å². The van der Waals surface area contributed by atoms with E-state index in [0.717, 1.165) is 6.92 Å². The predicted molar refractivity (Wildman–Crippen MR) is 194 cm³/mol. The number of nitrogens with zero attached hydrogens (tertiary/aromatic N) is 2. The maximum Gasteiger partial charge on any atom is 0.323 e. The Morgan fingerprint density at radius 3 is 1.78 bits per heavy atom. The van der Waals surface area contributed by atoms with Gasteiger partial charge in [-0.25, -0.2) is 4.79 Å². The van der Waals surface area contributed by atoms with E-state index >= 15 is 0 Å². The molecule has 4 aromatic rings. The molecular formula is C32H34N8O12S2. The fraction of sp³-hybridized carbons (Fsp3) is 0.250. The van der Waals surface area contributed by atoms with Gasteiger partial charge in [0.25, 0.3) is 43.9 Å². The number of aromatic amines is 2. The van der Waals surface area contributed by atoms with E-state index < -0.39 is 72.9 Å². The molecule has 8 N–H and O–H groups in total. The SMILES string of the molecule is CC(=O)C(N=Nc1ccc(C(=O)Nc2cc(C(=O)NCCCS(=O)(=O)O)cc(C(=O)NCCCS(=O)(=O)O)c2)cc1)C(=O)Nc1ccc2[nH]c(=O)[nH]c2c1. The number of carbonyl (C=O) groups is 5. The molecule has 0 bridgehead atoms. The number of H-pyrrole nitrogens is 2. The van der Waals surface area contributed by atoms with E-state index in [-0.39, 0.29) is 54.0 Å². The molecule has 0 aliphatic rings. The van der Waals surface area contributed by atoms with Crippen molar-refractivity contribution in [2.24, 2.45) is 10.2 Å². The number of azo groups is 1. The van der Waals surface area contributed by atoms with Crippen molar-refractivity contribution in [2.75, 3.05) is 35.2 Å². The second-order valence-corrected chi connectivity index (χ2v) is 14.8. The average Bonchev–Trinajstić information content (AvgIpc) is 3.46. The van der Waals surface area contributed by atoms with Crippen molar-refractivity contribution >= 4 is 77.7 Å². The molecule has 0 aliphatic heterocycles. The molecule has 4 rings (SSSR count). The van der Waals surface area contributed by atoms with Crippen LogP contribution in [0.1, 0.15) is 50.8 Å². The summed E-state index contributed by atoms with van der Waals surface area (Å²) in [6, 6.07) is 12.2. The number of hydrogen-bond donors (Lipinski definition) is 8. The molecule has 3 aromatic carbocycles. The van der Waals surface area contributed by atoms with Crippen LogP contribution < -0.4 is 27.0 Å². The Hall–Kier alpha value is -6.10. The molecule has 0 saturated carbocycles. The Labute approximate surface area is 306 Å². The Bertz CT molecular complexity index is 2320. The highest BCUT2D eigenvalue weighted by Gasteiger charge is 2.23. The third-order valence-corrected chi connectivity index (χ3v) is 8.89. The molecule has 1 heterocycles. The molecule has 54 heavy (non-hydrogen) atoms. The third-order valence-electron chi connectivity index (χ3n) is 7.28. The lowest BCUT2D eigenvalue weighted by Gasteiger charge is -2.12. The summed E-state index contributed by atoms with van der Waals surface area (Å²) in [5.41, 5.74) is 0.862. The lowest BCUT2D eigenvalue weighted by molar-refractivity contribution is -0.126. The number of carbonyl (C=O) groups excluding carboxylic acids is 5. The number of nitrogens with one attached hydrogen (secondary N) is 6. The fourth-order valence-corrected chi connectivity index (χ4v) is 5.74. The Kier molecular flexibility index (Phi) is 13.3. The number of amides is 4. The Morgan fingerprint density at radius 2 is 1.24 bits per heavy atom. The molecule has 0 radical (unpaired) electrons. The third kappa shape index (κ3) is 12.5. The van der Waals surface area contributed by atoms with E-state index in [4.69, 9.17) is 9.11 Å². The van der Waals surface area contributed by atoms with Crippen LogP contribution in [-0.2, 0) is 29.8 Å². The molecule has 0 aliphatic carbocycles. The minimum atomic E-state index is -4.26. The van der Waals surface area contributed by atoms with Crippen molar-refractivity contribution < 1.29 is 49.9 Å². The number of fused-ring (bicyclic) bond motifs is 1. The van der Waals surface area contributed by atoms with Crippen LogP contribution in [0.4, 0.5) is 17.1 Å². The van der Waals surface area contributed by atoms with E-state index in [1.165, 1.54) is 54.6 Å². The molecule has 0 saturated heterocycles. The van der Waals surface area contributed by atoms with E-state index in [1.807, 2.05) is 0 Å². The molecule has 0 spiro atoms. The van der Waals surface area contributed by atoms with Gasteiger partial charge in [-0.3, -0.25) is 33.1 Å². The highest BCUT2D eigenvalue weighted by atomic mass is 32.2. The van der Waals surface area contributed by atoms with Gasteiger partial charge in [0.1, 0.15) is 0 Å². The highest BCUT2D eigenvalue weighted by Crippen LogP contribution is 2.20. The first kappa shape index (κ1) is 40.7. The average molecular weight is 787 g/mol. The first-order chi connectivity index (χ1) is 25.4. The molecule has 20 nitrogen and oxygen atoms in total. The van der Waals surface area contributed by atoms with Crippen molar-refractivity contribution in [3.05, 3.63) is 87.8 Å². The van der Waals surface area contributed by atoms with Crippen molar-refractivity contribution in [3.63, 3.8) is 0 Å². The van der Waals surface area contributed by atoms with Gasteiger partial charge in [-0.15, -0.1) is 0 Å². The summed E-state index contributed by atoms with van der Waals surface area (Å²) in [6.07, 6.45) is -0.231. The number of Topliss-reactive ketones (excluding diaryl/α,β-unsaturated/α-hetero) is 1. The summed E-state index contributed by atoms with van der Waals surface area (Å²) in [5.74, 6) is -4.78. The largest absolute Gasteiger partial charge is 0.352 e. The number of aromatic nitrogens is 2. The highest BCUT2D eigenvalue weighted by molar-refractivity contribution is 7.86. The standard InChI is InChI=1S/C32H34N8O12S2/c1-18(41)27(31(45)35-23-8-9-25-26(17-23)38-32(46)37-25)40-39-22-6-4-19(5-7-22)30(44)36-24-15-20(28(42)33-10-2-12-53(47,48)49)14-21(16-24)29(43)34-11-3-13-54(50,51)52/h4-9,14-17,27H,2-3,10-13H2,1H3,(H,33,42)(H,34,43)(H,35,45)(H,36,44)(H2,37,38,46)(H,47,48,49)(H,50,51,52). The zero-order valence-electron chi connectivity index (χ0n) is 28.3. The van der Waals surface area contributed by atoms with Gasteiger partial charge in [0.2, 0.25) is 6.04 Å². The number of benzene rings is 3. The molecule has 286 valence electrons. The minimum Gasteiger partial charge on any atom is -0.352 e. The van der Waals surface area contributed by atoms with Crippen LogP contribution in [0.15, 0.2) is 75.7 Å². The van der Waals surface area contributed by atoms with Gasteiger partial charge < -0.3 is 31.2 Å². The van der Waals surface area contributed by atoms with Crippen LogP contribution in [0, 0.1) is 0 Å². The summed E-state index contributed by atoms with van der Waals surface area (Å²) in [6.45, 7) is 0.855. The van der Waals surface area contributed by atoms with E-state index in [0.29, 0.717) is 16.7 Å². The maximum atomic E-state index is 13.2. The smallest absolute Gasteiger partial charge is 0.323 e. The second kappa shape index (κ2) is 17.6. The van der Waals surface area contributed by atoms with Gasteiger partial charge in [0, 0.05) is 41.2 Å². The molecule has 4 amide bonds. The van der Waals surface area contributed by atoms with Gasteiger partial charge in [-0.05, 0) is 80.4 Å². The van der Waals surface area contributed by atoms with E-state index in [2.05, 4.69) is 41.5 Å². The molecule has 1 unspecified atom stereocenters. The number of hydrogen-bond acceptors (Lipinski definition) is 12. The molecule has 22 heteroatoms. The van der Waals surface area contributed by atoms with E-state index in [9.17, 15) is 45.6 Å². The molecule has 1 aromatic heterocycles. The number of anilines is 2. The van der Waals surface area contributed by atoms with Gasteiger partial charge in [0.05, 0.1) is 28.2 Å². The van der Waals surface area contributed by atoms with Crippen molar-refractivity contribution in [1.29, 1.82) is 0 Å². The summed E-state index contributed by atoms with van der Waals surface area (Å²) in [5, 5.41) is 17.8. The summed E-state index contributed by atoms with van der Waals surface area (Å²) in [4.78, 5) is 80.6. The van der Waals surface area contributed by atoms with Crippen molar-refractivity contribution in [2.45, 2.75) is 25.8 Å². The molecule has 0 fully saturated rings. The first-order valence-corrected chi connectivity index (χ1v) is 19.1. The van der Waals surface area contributed by atoms with Gasteiger partial charge >= 0.3 is 5.69 Å². The second-order valence-electron chi connectivity index (χ2n) is 11.6.